The van der Waals surface area contributed by atoms with Gasteiger partial charge < -0.3 is 5.32 Å². The van der Waals surface area contributed by atoms with Crippen molar-refractivity contribution in [1.29, 1.82) is 0 Å². The lowest BCUT2D eigenvalue weighted by atomic mass is 9.75. The zero-order valence-corrected chi connectivity index (χ0v) is 18.4. The standard InChI is InChI=1S/C25H30N4O3/c1-2-19-13-15-25(16-14-19)23(31)28(24(32)26-25)18-22(30)27-29(21-11-7-4-8-12-21)17-20-9-5-3-6-10-20/h3-12,19H,2,13-18H2,1H3,(H,26,32)(H,27,30). The summed E-state index contributed by atoms with van der Waals surface area (Å²) >= 11 is 0. The number of hydrazine groups is 1. The first-order chi connectivity index (χ1) is 15.5. The normalized spacial score (nSPS) is 22.7. The Morgan fingerprint density at radius 1 is 1.06 bits per heavy atom. The minimum absolute atomic E-state index is 0.276. The lowest BCUT2D eigenvalue weighted by Crippen LogP contribution is -2.51. The minimum Gasteiger partial charge on any atom is -0.323 e. The molecule has 7 nitrogen and oxygen atoms in total. The number of rotatable bonds is 7. The highest BCUT2D eigenvalue weighted by Gasteiger charge is 2.52. The van der Waals surface area contributed by atoms with Crippen LogP contribution in [0.3, 0.4) is 0 Å². The van der Waals surface area contributed by atoms with Gasteiger partial charge in [-0.15, -0.1) is 0 Å². The topological polar surface area (TPSA) is 81.8 Å². The lowest BCUT2D eigenvalue weighted by Gasteiger charge is -2.34. The average Bonchev–Trinajstić information content (AvgIpc) is 3.04. The maximum atomic E-state index is 13.1. The first-order valence-electron chi connectivity index (χ1n) is 11.3. The Morgan fingerprint density at radius 3 is 2.31 bits per heavy atom. The third-order valence-corrected chi connectivity index (χ3v) is 6.59. The number of anilines is 1. The molecule has 1 saturated carbocycles. The van der Waals surface area contributed by atoms with Gasteiger partial charge in [0, 0.05) is 0 Å². The fourth-order valence-corrected chi connectivity index (χ4v) is 4.64. The highest BCUT2D eigenvalue weighted by molar-refractivity contribution is 6.09. The molecule has 2 N–H and O–H groups in total. The Balaban J connectivity index is 1.44. The van der Waals surface area contributed by atoms with Gasteiger partial charge >= 0.3 is 6.03 Å². The van der Waals surface area contributed by atoms with Crippen LogP contribution >= 0.6 is 0 Å². The maximum Gasteiger partial charge on any atom is 0.325 e. The number of nitrogens with one attached hydrogen (secondary N) is 2. The second kappa shape index (κ2) is 9.42. The van der Waals surface area contributed by atoms with Crippen molar-refractivity contribution in [3.05, 3.63) is 66.2 Å². The molecule has 0 bridgehead atoms. The highest BCUT2D eigenvalue weighted by Crippen LogP contribution is 2.37. The molecule has 1 saturated heterocycles. The second-order valence-electron chi connectivity index (χ2n) is 8.70. The van der Waals surface area contributed by atoms with E-state index in [1.165, 1.54) is 0 Å². The van der Waals surface area contributed by atoms with Crippen LogP contribution in [0.1, 0.15) is 44.6 Å². The van der Waals surface area contributed by atoms with E-state index in [4.69, 9.17) is 0 Å². The van der Waals surface area contributed by atoms with E-state index in [2.05, 4.69) is 17.7 Å². The van der Waals surface area contributed by atoms with Crippen LogP contribution < -0.4 is 15.8 Å². The van der Waals surface area contributed by atoms with E-state index in [1.807, 2.05) is 60.7 Å². The molecule has 1 heterocycles. The van der Waals surface area contributed by atoms with Gasteiger partial charge in [-0.05, 0) is 49.3 Å². The predicted octanol–water partition coefficient (Wildman–Crippen LogP) is 3.62. The fourth-order valence-electron chi connectivity index (χ4n) is 4.64. The number of carbonyl (C=O) groups is 3. The van der Waals surface area contributed by atoms with Crippen molar-refractivity contribution in [2.75, 3.05) is 11.6 Å². The summed E-state index contributed by atoms with van der Waals surface area (Å²) in [5.74, 6) is -0.0887. The Labute approximate surface area is 188 Å². The van der Waals surface area contributed by atoms with Crippen molar-refractivity contribution < 1.29 is 14.4 Å². The van der Waals surface area contributed by atoms with Crippen LogP contribution in [-0.4, -0.2) is 34.8 Å². The number of imide groups is 1. The lowest BCUT2D eigenvalue weighted by molar-refractivity contribution is -0.136. The minimum atomic E-state index is -0.841. The largest absolute Gasteiger partial charge is 0.325 e. The number of para-hydroxylation sites is 1. The summed E-state index contributed by atoms with van der Waals surface area (Å²) in [5, 5.41) is 4.62. The van der Waals surface area contributed by atoms with E-state index in [0.29, 0.717) is 25.3 Å². The molecule has 1 aliphatic carbocycles. The summed E-state index contributed by atoms with van der Waals surface area (Å²) < 4.78 is 0. The molecule has 4 amide bonds. The second-order valence-corrected chi connectivity index (χ2v) is 8.70. The summed E-state index contributed by atoms with van der Waals surface area (Å²) in [4.78, 5) is 39.7. The number of urea groups is 1. The zero-order valence-electron chi connectivity index (χ0n) is 18.4. The van der Waals surface area contributed by atoms with Crippen molar-refractivity contribution in [3.63, 3.8) is 0 Å². The van der Waals surface area contributed by atoms with E-state index < -0.39 is 17.5 Å². The Hall–Kier alpha value is -3.35. The molecule has 0 aromatic heterocycles. The number of benzene rings is 2. The Bertz CT molecular complexity index is 956. The third kappa shape index (κ3) is 4.61. The monoisotopic (exact) mass is 434 g/mol. The molecule has 2 aliphatic rings. The molecule has 2 aromatic rings. The molecule has 0 atom stereocenters. The molecule has 2 fully saturated rings. The quantitative estimate of drug-likeness (QED) is 0.515. The summed E-state index contributed by atoms with van der Waals surface area (Å²) in [6.07, 6.45) is 4.20. The van der Waals surface area contributed by atoms with Crippen LogP contribution in [0.5, 0.6) is 0 Å². The van der Waals surface area contributed by atoms with Gasteiger partial charge in [-0.3, -0.25) is 24.9 Å². The van der Waals surface area contributed by atoms with Gasteiger partial charge in [0.25, 0.3) is 11.8 Å². The van der Waals surface area contributed by atoms with Crippen molar-refractivity contribution in [3.8, 4) is 0 Å². The third-order valence-electron chi connectivity index (χ3n) is 6.59. The predicted molar refractivity (Wildman–Crippen MR) is 122 cm³/mol. The van der Waals surface area contributed by atoms with Crippen LogP contribution in [0.25, 0.3) is 0 Å². The van der Waals surface area contributed by atoms with E-state index >= 15 is 0 Å². The van der Waals surface area contributed by atoms with Crippen LogP contribution in [0.4, 0.5) is 10.5 Å². The van der Waals surface area contributed by atoms with Crippen molar-refractivity contribution >= 4 is 23.5 Å². The van der Waals surface area contributed by atoms with Gasteiger partial charge in [0.2, 0.25) is 0 Å². The van der Waals surface area contributed by atoms with Gasteiger partial charge in [-0.2, -0.15) is 0 Å². The zero-order chi connectivity index (χ0) is 22.6. The number of carbonyl (C=O) groups excluding carboxylic acids is 3. The van der Waals surface area contributed by atoms with Crippen LogP contribution in [0.2, 0.25) is 0 Å². The number of hydrogen-bond acceptors (Lipinski definition) is 4. The molecule has 2 aromatic carbocycles. The van der Waals surface area contributed by atoms with E-state index in [9.17, 15) is 14.4 Å². The van der Waals surface area contributed by atoms with Crippen molar-refractivity contribution in [1.82, 2.24) is 15.6 Å². The molecular formula is C25H30N4O3. The van der Waals surface area contributed by atoms with Gasteiger partial charge in [0.05, 0.1) is 12.2 Å². The van der Waals surface area contributed by atoms with Crippen LogP contribution in [0, 0.1) is 5.92 Å². The molecule has 7 heteroatoms. The molecule has 1 aliphatic heterocycles. The highest BCUT2D eigenvalue weighted by atomic mass is 16.2. The molecular weight excluding hydrogens is 404 g/mol. The van der Waals surface area contributed by atoms with Crippen molar-refractivity contribution in [2.45, 2.75) is 51.1 Å². The van der Waals surface area contributed by atoms with E-state index in [1.54, 1.807) is 5.01 Å². The SMILES string of the molecule is CCC1CCC2(CC1)NC(=O)N(CC(=O)NN(Cc1ccccc1)c1ccccc1)C2=O. The number of nitrogens with zero attached hydrogens (tertiary/aromatic N) is 2. The number of hydrogen-bond donors (Lipinski definition) is 2. The molecule has 0 unspecified atom stereocenters. The summed E-state index contributed by atoms with van der Waals surface area (Å²) in [6, 6.07) is 18.8. The number of amides is 4. The average molecular weight is 435 g/mol. The van der Waals surface area contributed by atoms with E-state index in [0.717, 1.165) is 35.4 Å². The van der Waals surface area contributed by atoms with Gasteiger partial charge in [-0.1, -0.05) is 61.9 Å². The molecule has 0 radical (unpaired) electrons. The first kappa shape index (κ1) is 21.9. The molecule has 4 rings (SSSR count). The summed E-state index contributed by atoms with van der Waals surface area (Å²) in [6.45, 7) is 2.31. The Morgan fingerprint density at radius 2 is 1.69 bits per heavy atom. The van der Waals surface area contributed by atoms with Crippen LogP contribution in [0.15, 0.2) is 60.7 Å². The smallest absolute Gasteiger partial charge is 0.323 e. The Kier molecular flexibility index (Phi) is 6.44. The molecule has 1 spiro atoms. The van der Waals surface area contributed by atoms with E-state index in [-0.39, 0.29) is 12.5 Å². The summed E-state index contributed by atoms with van der Waals surface area (Å²) in [7, 11) is 0. The van der Waals surface area contributed by atoms with Gasteiger partial charge in [0.1, 0.15) is 12.1 Å². The first-order valence-corrected chi connectivity index (χ1v) is 11.3. The van der Waals surface area contributed by atoms with Gasteiger partial charge in [0.15, 0.2) is 0 Å². The van der Waals surface area contributed by atoms with Crippen LogP contribution in [-0.2, 0) is 16.1 Å². The fraction of sp³-hybridized carbons (Fsp3) is 0.400. The van der Waals surface area contributed by atoms with Gasteiger partial charge in [-0.25, -0.2) is 4.79 Å². The van der Waals surface area contributed by atoms with Crippen molar-refractivity contribution in [2.24, 2.45) is 5.92 Å². The molecule has 32 heavy (non-hydrogen) atoms. The maximum absolute atomic E-state index is 13.1. The summed E-state index contributed by atoms with van der Waals surface area (Å²) in [5.41, 5.74) is 3.88. The molecule has 168 valence electrons.